The molecular formula is C18H22N2O2. The predicted octanol–water partition coefficient (Wildman–Crippen LogP) is 2.74. The van der Waals surface area contributed by atoms with Gasteiger partial charge in [-0.3, -0.25) is 4.79 Å². The van der Waals surface area contributed by atoms with Crippen LogP contribution in [0.25, 0.3) is 10.8 Å². The number of carbonyl (C=O) groups excluding carboxylic acids is 1. The van der Waals surface area contributed by atoms with Crippen LogP contribution in [0.5, 0.6) is 5.75 Å². The number of ether oxygens (including phenoxy) is 1. The first-order valence-corrected chi connectivity index (χ1v) is 7.75. The number of rotatable bonds is 4. The number of hydrogen-bond acceptors (Lipinski definition) is 3. The van der Waals surface area contributed by atoms with E-state index in [0.717, 1.165) is 47.8 Å². The summed E-state index contributed by atoms with van der Waals surface area (Å²) in [6.45, 7) is 0.514. The summed E-state index contributed by atoms with van der Waals surface area (Å²) in [5.41, 5.74) is 6.58. The average molecular weight is 298 g/mol. The molecular weight excluding hydrogens is 276 g/mol. The molecule has 1 amide bonds. The fourth-order valence-electron chi connectivity index (χ4n) is 3.10. The van der Waals surface area contributed by atoms with Crippen LogP contribution in [-0.4, -0.2) is 18.6 Å². The quantitative estimate of drug-likeness (QED) is 0.912. The van der Waals surface area contributed by atoms with Gasteiger partial charge in [0.15, 0.2) is 0 Å². The molecule has 0 heterocycles. The minimum atomic E-state index is -0.662. The van der Waals surface area contributed by atoms with Crippen molar-refractivity contribution >= 4 is 16.7 Å². The summed E-state index contributed by atoms with van der Waals surface area (Å²) in [5, 5.41) is 5.24. The molecule has 1 aliphatic carbocycles. The number of carbonyl (C=O) groups is 1. The third-order valence-corrected chi connectivity index (χ3v) is 4.51. The van der Waals surface area contributed by atoms with Crippen LogP contribution < -0.4 is 15.8 Å². The topological polar surface area (TPSA) is 64.3 Å². The van der Waals surface area contributed by atoms with E-state index in [4.69, 9.17) is 10.5 Å². The highest BCUT2D eigenvalue weighted by Crippen LogP contribution is 2.27. The average Bonchev–Trinajstić information content (AvgIpc) is 3.00. The lowest BCUT2D eigenvalue weighted by Crippen LogP contribution is -2.51. The number of fused-ring (bicyclic) bond motifs is 1. The van der Waals surface area contributed by atoms with Crippen molar-refractivity contribution in [1.82, 2.24) is 5.32 Å². The molecule has 1 fully saturated rings. The molecule has 116 valence electrons. The molecule has 3 rings (SSSR count). The Balaban J connectivity index is 1.70. The maximum absolute atomic E-state index is 12.2. The Kier molecular flexibility index (Phi) is 4.03. The predicted molar refractivity (Wildman–Crippen MR) is 87.7 cm³/mol. The molecule has 0 bridgehead atoms. The molecule has 4 nitrogen and oxygen atoms in total. The molecule has 0 unspecified atom stereocenters. The Labute approximate surface area is 130 Å². The summed E-state index contributed by atoms with van der Waals surface area (Å²) < 4.78 is 5.23. The van der Waals surface area contributed by atoms with Crippen LogP contribution in [-0.2, 0) is 11.3 Å². The molecule has 2 aromatic rings. The molecule has 0 aliphatic heterocycles. The van der Waals surface area contributed by atoms with E-state index in [1.54, 1.807) is 7.11 Å². The highest BCUT2D eigenvalue weighted by Gasteiger charge is 2.36. The van der Waals surface area contributed by atoms with Gasteiger partial charge in [0.25, 0.3) is 0 Å². The van der Waals surface area contributed by atoms with Crippen molar-refractivity contribution in [2.75, 3.05) is 7.11 Å². The van der Waals surface area contributed by atoms with Crippen LogP contribution in [0.15, 0.2) is 36.4 Å². The molecule has 22 heavy (non-hydrogen) atoms. The minimum Gasteiger partial charge on any atom is -0.497 e. The highest BCUT2D eigenvalue weighted by atomic mass is 16.5. The minimum absolute atomic E-state index is 0.0279. The second kappa shape index (κ2) is 5.97. The zero-order chi connectivity index (χ0) is 15.6. The van der Waals surface area contributed by atoms with Gasteiger partial charge < -0.3 is 15.8 Å². The number of nitrogens with one attached hydrogen (secondary N) is 1. The molecule has 0 radical (unpaired) electrons. The van der Waals surface area contributed by atoms with E-state index in [1.807, 2.05) is 30.3 Å². The first kappa shape index (κ1) is 14.9. The standard InChI is InChI=1S/C18H22N2O2/c1-22-16-7-6-14-10-13(4-5-15(14)11-16)12-20-17(21)18(19)8-2-3-9-18/h4-7,10-11H,2-3,8-9,12,19H2,1H3,(H,20,21). The lowest BCUT2D eigenvalue weighted by atomic mass is 9.98. The van der Waals surface area contributed by atoms with Crippen LogP contribution in [0.4, 0.5) is 0 Å². The van der Waals surface area contributed by atoms with Crippen molar-refractivity contribution in [1.29, 1.82) is 0 Å². The second-order valence-corrected chi connectivity index (χ2v) is 6.09. The summed E-state index contributed by atoms with van der Waals surface area (Å²) in [6, 6.07) is 12.1. The van der Waals surface area contributed by atoms with Gasteiger partial charge in [-0.2, -0.15) is 0 Å². The number of amides is 1. The van der Waals surface area contributed by atoms with E-state index in [9.17, 15) is 4.79 Å². The number of benzene rings is 2. The Bertz CT molecular complexity index is 691. The van der Waals surface area contributed by atoms with Crippen molar-refractivity contribution in [3.63, 3.8) is 0 Å². The summed E-state index contributed by atoms with van der Waals surface area (Å²) in [6.07, 6.45) is 3.66. The smallest absolute Gasteiger partial charge is 0.240 e. The second-order valence-electron chi connectivity index (χ2n) is 6.09. The molecule has 0 spiro atoms. The summed E-state index contributed by atoms with van der Waals surface area (Å²) in [4.78, 5) is 12.2. The van der Waals surface area contributed by atoms with Gasteiger partial charge in [-0.25, -0.2) is 0 Å². The maximum Gasteiger partial charge on any atom is 0.240 e. The third-order valence-electron chi connectivity index (χ3n) is 4.51. The van der Waals surface area contributed by atoms with Crippen LogP contribution in [0.3, 0.4) is 0 Å². The largest absolute Gasteiger partial charge is 0.497 e. The zero-order valence-electron chi connectivity index (χ0n) is 12.9. The van der Waals surface area contributed by atoms with E-state index in [2.05, 4.69) is 11.4 Å². The van der Waals surface area contributed by atoms with Crippen LogP contribution >= 0.6 is 0 Å². The van der Waals surface area contributed by atoms with E-state index >= 15 is 0 Å². The lowest BCUT2D eigenvalue weighted by Gasteiger charge is -2.22. The number of methoxy groups -OCH3 is 1. The van der Waals surface area contributed by atoms with Gasteiger partial charge in [0.1, 0.15) is 5.75 Å². The Morgan fingerprint density at radius 2 is 1.86 bits per heavy atom. The van der Waals surface area contributed by atoms with Gasteiger partial charge in [-0.1, -0.05) is 31.0 Å². The van der Waals surface area contributed by atoms with Crippen molar-refractivity contribution in [3.05, 3.63) is 42.0 Å². The molecule has 4 heteroatoms. The lowest BCUT2D eigenvalue weighted by molar-refractivity contribution is -0.126. The van der Waals surface area contributed by atoms with Crippen molar-refractivity contribution < 1.29 is 9.53 Å². The highest BCUT2D eigenvalue weighted by molar-refractivity contribution is 5.87. The van der Waals surface area contributed by atoms with Crippen molar-refractivity contribution in [2.24, 2.45) is 5.73 Å². The molecule has 2 aromatic carbocycles. The SMILES string of the molecule is COc1ccc2cc(CNC(=O)C3(N)CCCC3)ccc2c1. The molecule has 0 aromatic heterocycles. The fourth-order valence-corrected chi connectivity index (χ4v) is 3.10. The Morgan fingerprint density at radius 1 is 1.18 bits per heavy atom. The summed E-state index contributed by atoms with van der Waals surface area (Å²) in [7, 11) is 1.66. The monoisotopic (exact) mass is 298 g/mol. The van der Waals surface area contributed by atoms with Crippen LogP contribution in [0.1, 0.15) is 31.2 Å². The van der Waals surface area contributed by atoms with Crippen LogP contribution in [0.2, 0.25) is 0 Å². The van der Waals surface area contributed by atoms with E-state index in [0.29, 0.717) is 6.54 Å². The van der Waals surface area contributed by atoms with Gasteiger partial charge in [-0.05, 0) is 47.4 Å². The van der Waals surface area contributed by atoms with Crippen LogP contribution in [0, 0.1) is 0 Å². The summed E-state index contributed by atoms with van der Waals surface area (Å²) >= 11 is 0. The molecule has 0 saturated heterocycles. The zero-order valence-corrected chi connectivity index (χ0v) is 12.9. The molecule has 3 N–H and O–H groups in total. The van der Waals surface area contributed by atoms with E-state index in [-0.39, 0.29) is 5.91 Å². The third kappa shape index (κ3) is 2.92. The van der Waals surface area contributed by atoms with E-state index in [1.165, 1.54) is 0 Å². The molecule has 1 saturated carbocycles. The van der Waals surface area contributed by atoms with Crippen molar-refractivity contribution in [3.8, 4) is 5.75 Å². The van der Waals surface area contributed by atoms with Gasteiger partial charge in [0.2, 0.25) is 5.91 Å². The van der Waals surface area contributed by atoms with E-state index < -0.39 is 5.54 Å². The normalized spacial score (nSPS) is 16.6. The number of nitrogens with two attached hydrogens (primary N) is 1. The van der Waals surface area contributed by atoms with Gasteiger partial charge in [0.05, 0.1) is 12.6 Å². The first-order valence-electron chi connectivity index (χ1n) is 7.75. The molecule has 1 aliphatic rings. The van der Waals surface area contributed by atoms with Crippen molar-refractivity contribution in [2.45, 2.75) is 37.8 Å². The van der Waals surface area contributed by atoms with Gasteiger partial charge >= 0.3 is 0 Å². The summed E-state index contributed by atoms with van der Waals surface area (Å²) in [5.74, 6) is 0.819. The Morgan fingerprint density at radius 3 is 2.59 bits per heavy atom. The fraction of sp³-hybridized carbons (Fsp3) is 0.389. The number of hydrogen-bond donors (Lipinski definition) is 2. The Hall–Kier alpha value is -2.07. The molecule has 0 atom stereocenters. The maximum atomic E-state index is 12.2. The van der Waals surface area contributed by atoms with Gasteiger partial charge in [-0.15, -0.1) is 0 Å². The first-order chi connectivity index (χ1) is 10.6. The van der Waals surface area contributed by atoms with Gasteiger partial charge in [0, 0.05) is 6.54 Å².